The monoisotopic (exact) mass is 509 g/mol. The number of hydrogen-bond acceptors (Lipinski definition) is 3. The first-order chi connectivity index (χ1) is 17.4. The number of amides is 1. The number of ketones is 1. The standard InChI is InChI=1S/C28H26ClF2N3O2/c29-21-7-4-8-23(17-21)33-28(34-27(36)20-11-14-24(30)25(31)16-20)32-22-12-9-18(10-13-22)15-26(35)19-5-2-1-3-6-19/h1-8,11,14,16-18,22H,9-10,12-13,15H2,(H2,32,33,34,36). The summed E-state index contributed by atoms with van der Waals surface area (Å²) in [6.45, 7) is 0. The number of Topliss-reactive ketones (excluding diaryl/α,β-unsaturated/α-hetero) is 1. The molecule has 1 fully saturated rings. The first-order valence-electron chi connectivity index (χ1n) is 11.8. The molecule has 186 valence electrons. The van der Waals surface area contributed by atoms with Crippen LogP contribution < -0.4 is 10.6 Å². The van der Waals surface area contributed by atoms with Crippen LogP contribution in [0, 0.1) is 17.6 Å². The summed E-state index contributed by atoms with van der Waals surface area (Å²) in [6, 6.07) is 19.1. The minimum Gasteiger partial charge on any atom is -0.326 e. The number of halogens is 3. The van der Waals surface area contributed by atoms with Crippen LogP contribution in [0.5, 0.6) is 0 Å². The van der Waals surface area contributed by atoms with Gasteiger partial charge in [0.2, 0.25) is 5.96 Å². The van der Waals surface area contributed by atoms with E-state index in [2.05, 4.69) is 10.6 Å². The van der Waals surface area contributed by atoms with E-state index in [1.807, 2.05) is 30.3 Å². The normalized spacial score (nSPS) is 17.9. The zero-order valence-electron chi connectivity index (χ0n) is 19.5. The fraction of sp³-hybridized carbons (Fsp3) is 0.250. The van der Waals surface area contributed by atoms with Crippen LogP contribution in [0.1, 0.15) is 52.8 Å². The summed E-state index contributed by atoms with van der Waals surface area (Å²) in [5.41, 5.74) is 1.32. The van der Waals surface area contributed by atoms with Crippen LogP contribution >= 0.6 is 11.6 Å². The SMILES string of the molecule is O=C(CC1CCC(N=C(NC(=O)c2ccc(F)c(F)c2)Nc2cccc(Cl)c2)CC1)c1ccccc1. The molecule has 1 amide bonds. The Morgan fingerprint density at radius 2 is 1.61 bits per heavy atom. The van der Waals surface area contributed by atoms with Crippen LogP contribution in [0.4, 0.5) is 14.5 Å². The molecular formula is C28H26ClF2N3O2. The van der Waals surface area contributed by atoms with Gasteiger partial charge in [-0.1, -0.05) is 48.0 Å². The zero-order chi connectivity index (χ0) is 25.5. The third kappa shape index (κ3) is 6.98. The Labute approximate surface area is 213 Å². The van der Waals surface area contributed by atoms with Crippen molar-refractivity contribution in [1.29, 1.82) is 0 Å². The second-order valence-electron chi connectivity index (χ2n) is 8.86. The lowest BCUT2D eigenvalue weighted by atomic mass is 9.82. The predicted molar refractivity (Wildman–Crippen MR) is 137 cm³/mol. The van der Waals surface area contributed by atoms with E-state index in [0.29, 0.717) is 17.1 Å². The van der Waals surface area contributed by atoms with E-state index in [1.54, 1.807) is 24.3 Å². The first kappa shape index (κ1) is 25.5. The molecule has 0 unspecified atom stereocenters. The number of anilines is 1. The minimum atomic E-state index is -1.10. The number of nitrogens with zero attached hydrogens (tertiary/aromatic N) is 1. The Morgan fingerprint density at radius 3 is 2.31 bits per heavy atom. The Bertz CT molecular complexity index is 1260. The molecule has 1 aliphatic rings. The van der Waals surface area contributed by atoms with Crippen molar-refractivity contribution in [3.8, 4) is 0 Å². The number of aliphatic imine (C=N–C) groups is 1. The van der Waals surface area contributed by atoms with Crippen molar-refractivity contribution in [1.82, 2.24) is 5.32 Å². The van der Waals surface area contributed by atoms with Crippen LogP contribution in [0.15, 0.2) is 77.8 Å². The van der Waals surface area contributed by atoms with Crippen molar-refractivity contribution >= 4 is 34.9 Å². The molecular weight excluding hydrogens is 484 g/mol. The van der Waals surface area contributed by atoms with Crippen molar-refractivity contribution < 1.29 is 18.4 Å². The quantitative estimate of drug-likeness (QED) is 0.222. The summed E-state index contributed by atoms with van der Waals surface area (Å²) in [5.74, 6) is -2.14. The van der Waals surface area contributed by atoms with E-state index in [4.69, 9.17) is 16.6 Å². The van der Waals surface area contributed by atoms with Gasteiger partial charge in [0.15, 0.2) is 17.4 Å². The van der Waals surface area contributed by atoms with E-state index >= 15 is 0 Å². The van der Waals surface area contributed by atoms with Gasteiger partial charge in [-0.2, -0.15) is 0 Å². The van der Waals surface area contributed by atoms with Gasteiger partial charge >= 0.3 is 0 Å². The van der Waals surface area contributed by atoms with E-state index in [9.17, 15) is 18.4 Å². The molecule has 3 aromatic carbocycles. The molecule has 0 aliphatic heterocycles. The highest BCUT2D eigenvalue weighted by Crippen LogP contribution is 2.30. The van der Waals surface area contributed by atoms with Crippen molar-refractivity contribution in [2.45, 2.75) is 38.1 Å². The van der Waals surface area contributed by atoms with Crippen LogP contribution in [-0.2, 0) is 0 Å². The number of carbonyl (C=O) groups is 2. The fourth-order valence-corrected chi connectivity index (χ4v) is 4.47. The van der Waals surface area contributed by atoms with E-state index < -0.39 is 17.5 Å². The Morgan fingerprint density at radius 1 is 0.861 bits per heavy atom. The van der Waals surface area contributed by atoms with Crippen LogP contribution in [-0.4, -0.2) is 23.7 Å². The number of nitrogens with one attached hydrogen (secondary N) is 2. The molecule has 5 nitrogen and oxygen atoms in total. The second-order valence-corrected chi connectivity index (χ2v) is 9.30. The van der Waals surface area contributed by atoms with Crippen LogP contribution in [0.3, 0.4) is 0 Å². The van der Waals surface area contributed by atoms with Gasteiger partial charge in [-0.3, -0.25) is 14.9 Å². The maximum atomic E-state index is 13.6. The average Bonchev–Trinajstić information content (AvgIpc) is 2.87. The highest BCUT2D eigenvalue weighted by molar-refractivity contribution is 6.31. The highest BCUT2D eigenvalue weighted by Gasteiger charge is 2.24. The Balaban J connectivity index is 1.43. The second kappa shape index (κ2) is 11.9. The molecule has 0 saturated heterocycles. The molecule has 2 N–H and O–H groups in total. The predicted octanol–water partition coefficient (Wildman–Crippen LogP) is 6.65. The smallest absolute Gasteiger partial charge is 0.258 e. The van der Waals surface area contributed by atoms with Gasteiger partial charge in [-0.15, -0.1) is 0 Å². The Hall–Kier alpha value is -3.58. The molecule has 0 radical (unpaired) electrons. The molecule has 0 bridgehead atoms. The Kier molecular flexibility index (Phi) is 8.44. The maximum Gasteiger partial charge on any atom is 0.258 e. The lowest BCUT2D eigenvalue weighted by molar-refractivity contribution is 0.0944. The first-order valence-corrected chi connectivity index (χ1v) is 12.2. The molecule has 0 aromatic heterocycles. The molecule has 0 heterocycles. The molecule has 4 rings (SSSR count). The molecule has 1 saturated carbocycles. The topological polar surface area (TPSA) is 70.6 Å². The molecule has 36 heavy (non-hydrogen) atoms. The third-order valence-corrected chi connectivity index (χ3v) is 6.43. The van der Waals surface area contributed by atoms with Gasteiger partial charge in [0, 0.05) is 28.3 Å². The van der Waals surface area contributed by atoms with Crippen LogP contribution in [0.25, 0.3) is 0 Å². The van der Waals surface area contributed by atoms with Gasteiger partial charge in [-0.05, 0) is 68.0 Å². The lowest BCUT2D eigenvalue weighted by Gasteiger charge is -2.26. The number of benzene rings is 3. The van der Waals surface area contributed by atoms with E-state index in [0.717, 1.165) is 43.4 Å². The van der Waals surface area contributed by atoms with Gasteiger partial charge < -0.3 is 5.32 Å². The summed E-state index contributed by atoms with van der Waals surface area (Å²) in [5, 5.41) is 6.25. The van der Waals surface area contributed by atoms with E-state index in [-0.39, 0.29) is 29.3 Å². The summed E-state index contributed by atoms with van der Waals surface area (Å²) in [7, 11) is 0. The summed E-state index contributed by atoms with van der Waals surface area (Å²) < 4.78 is 26.9. The molecule has 1 aliphatic carbocycles. The van der Waals surface area contributed by atoms with Gasteiger partial charge in [-0.25, -0.2) is 13.8 Å². The van der Waals surface area contributed by atoms with Crippen molar-refractivity contribution in [2.24, 2.45) is 10.9 Å². The zero-order valence-corrected chi connectivity index (χ0v) is 20.3. The lowest BCUT2D eigenvalue weighted by Crippen LogP contribution is -2.37. The average molecular weight is 510 g/mol. The number of guanidine groups is 1. The maximum absolute atomic E-state index is 13.6. The number of rotatable bonds is 6. The van der Waals surface area contributed by atoms with Gasteiger partial charge in [0.25, 0.3) is 5.91 Å². The van der Waals surface area contributed by atoms with Gasteiger partial charge in [0.1, 0.15) is 0 Å². The van der Waals surface area contributed by atoms with Crippen molar-refractivity contribution in [2.75, 3.05) is 5.32 Å². The molecule has 0 atom stereocenters. The summed E-state index contributed by atoms with van der Waals surface area (Å²) in [6.07, 6.45) is 3.70. The largest absolute Gasteiger partial charge is 0.326 e. The van der Waals surface area contributed by atoms with Crippen molar-refractivity contribution in [3.05, 3.63) is 101 Å². The van der Waals surface area contributed by atoms with Crippen LogP contribution in [0.2, 0.25) is 5.02 Å². The fourth-order valence-electron chi connectivity index (χ4n) is 4.28. The summed E-state index contributed by atoms with van der Waals surface area (Å²) in [4.78, 5) is 30.0. The van der Waals surface area contributed by atoms with Gasteiger partial charge in [0.05, 0.1) is 6.04 Å². The minimum absolute atomic E-state index is 0.0300. The van der Waals surface area contributed by atoms with Crippen molar-refractivity contribution in [3.63, 3.8) is 0 Å². The number of hydrogen-bond donors (Lipinski definition) is 2. The third-order valence-electron chi connectivity index (χ3n) is 6.20. The molecule has 8 heteroatoms. The number of carbonyl (C=O) groups excluding carboxylic acids is 2. The molecule has 3 aromatic rings. The summed E-state index contributed by atoms with van der Waals surface area (Å²) >= 11 is 6.08. The highest BCUT2D eigenvalue weighted by atomic mass is 35.5. The van der Waals surface area contributed by atoms with E-state index in [1.165, 1.54) is 6.07 Å². The molecule has 0 spiro atoms.